The molecule has 0 aliphatic carbocycles. The Bertz CT molecular complexity index is 553. The highest BCUT2D eigenvalue weighted by Crippen LogP contribution is 2.26. The van der Waals surface area contributed by atoms with Gasteiger partial charge >= 0.3 is 5.97 Å². The molecule has 0 fully saturated rings. The van der Waals surface area contributed by atoms with Crippen LogP contribution in [-0.2, 0) is 4.74 Å². The van der Waals surface area contributed by atoms with Gasteiger partial charge in [-0.05, 0) is 6.07 Å². The maximum Gasteiger partial charge on any atom is 0.340 e. The largest absolute Gasteiger partial charge is 0.478 e. The Morgan fingerprint density at radius 3 is 2.88 bits per heavy atom. The van der Waals surface area contributed by atoms with Gasteiger partial charge in [0, 0.05) is 12.5 Å². The van der Waals surface area contributed by atoms with Gasteiger partial charge in [0.15, 0.2) is 12.5 Å². The van der Waals surface area contributed by atoms with Gasteiger partial charge in [-0.2, -0.15) is 0 Å². The number of benzene rings is 1. The number of pyridine rings is 1. The number of nitrogens with zero attached hydrogens (tertiary/aromatic N) is 1. The number of rotatable bonds is 4. The van der Waals surface area contributed by atoms with Crippen LogP contribution in [0.4, 0.5) is 0 Å². The maximum atomic E-state index is 11.3. The number of hydrogen-bond acceptors (Lipinski definition) is 4. The third-order valence-corrected chi connectivity index (χ3v) is 2.29. The summed E-state index contributed by atoms with van der Waals surface area (Å²) in [5, 5.41) is 9.76. The topological polar surface area (TPSA) is 68.7 Å². The number of para-hydroxylation sites is 1. The molecule has 0 radical (unpaired) electrons. The number of carboxylic acids is 1. The van der Waals surface area contributed by atoms with E-state index in [-0.39, 0.29) is 18.1 Å². The molecule has 2 rings (SSSR count). The molecule has 88 valence electrons. The van der Waals surface area contributed by atoms with Gasteiger partial charge < -0.3 is 14.6 Å². The SMILES string of the molecule is COCOc1cnc2ccccc2c1C(=O)O. The lowest BCUT2D eigenvalue weighted by Crippen LogP contribution is -2.07. The first-order valence-electron chi connectivity index (χ1n) is 4.97. The molecule has 2 aromatic rings. The number of fused-ring (bicyclic) bond motifs is 1. The van der Waals surface area contributed by atoms with Crippen LogP contribution in [0.5, 0.6) is 5.75 Å². The molecule has 1 aromatic heterocycles. The molecular weight excluding hydrogens is 222 g/mol. The van der Waals surface area contributed by atoms with E-state index in [4.69, 9.17) is 9.47 Å². The average molecular weight is 233 g/mol. The lowest BCUT2D eigenvalue weighted by atomic mass is 10.1. The van der Waals surface area contributed by atoms with Gasteiger partial charge in [0.25, 0.3) is 0 Å². The zero-order valence-electron chi connectivity index (χ0n) is 9.21. The van der Waals surface area contributed by atoms with E-state index in [1.165, 1.54) is 13.3 Å². The summed E-state index contributed by atoms with van der Waals surface area (Å²) < 4.78 is 9.94. The molecule has 17 heavy (non-hydrogen) atoms. The number of hydrogen-bond donors (Lipinski definition) is 1. The van der Waals surface area contributed by atoms with Gasteiger partial charge in [-0.15, -0.1) is 0 Å². The molecule has 0 amide bonds. The van der Waals surface area contributed by atoms with E-state index >= 15 is 0 Å². The predicted molar refractivity (Wildman–Crippen MR) is 61.2 cm³/mol. The standard InChI is InChI=1S/C12H11NO4/c1-16-7-17-10-6-13-9-5-3-2-4-8(9)11(10)12(14)15/h2-6H,7H2,1H3,(H,14,15). The van der Waals surface area contributed by atoms with Crippen LogP contribution in [0.1, 0.15) is 10.4 Å². The fraction of sp³-hybridized carbons (Fsp3) is 0.167. The van der Waals surface area contributed by atoms with Crippen molar-refractivity contribution in [2.75, 3.05) is 13.9 Å². The van der Waals surface area contributed by atoms with Crippen molar-refractivity contribution in [3.63, 3.8) is 0 Å². The Labute approximate surface area is 97.6 Å². The summed E-state index contributed by atoms with van der Waals surface area (Å²) in [5.41, 5.74) is 0.724. The Morgan fingerprint density at radius 2 is 2.18 bits per heavy atom. The van der Waals surface area contributed by atoms with Crippen molar-refractivity contribution in [3.8, 4) is 5.75 Å². The van der Waals surface area contributed by atoms with Crippen molar-refractivity contribution in [1.29, 1.82) is 0 Å². The molecule has 0 saturated carbocycles. The number of aromatic carboxylic acids is 1. The summed E-state index contributed by atoms with van der Waals surface area (Å²) in [6.07, 6.45) is 1.39. The van der Waals surface area contributed by atoms with E-state index < -0.39 is 5.97 Å². The smallest absolute Gasteiger partial charge is 0.340 e. The zero-order chi connectivity index (χ0) is 12.3. The summed E-state index contributed by atoms with van der Waals surface area (Å²) in [5.74, 6) is -0.840. The first-order chi connectivity index (χ1) is 8.24. The first kappa shape index (κ1) is 11.3. The predicted octanol–water partition coefficient (Wildman–Crippen LogP) is 1.92. The molecule has 0 atom stereocenters. The van der Waals surface area contributed by atoms with Crippen LogP contribution < -0.4 is 4.74 Å². The van der Waals surface area contributed by atoms with Crippen molar-refractivity contribution < 1.29 is 19.4 Å². The van der Waals surface area contributed by atoms with Crippen LogP contribution >= 0.6 is 0 Å². The summed E-state index contributed by atoms with van der Waals surface area (Å²) >= 11 is 0. The highest BCUT2D eigenvalue weighted by Gasteiger charge is 2.16. The van der Waals surface area contributed by atoms with Crippen molar-refractivity contribution >= 4 is 16.9 Å². The number of aromatic nitrogens is 1. The Kier molecular flexibility index (Phi) is 3.20. The second-order valence-electron chi connectivity index (χ2n) is 3.37. The molecular formula is C12H11NO4. The van der Waals surface area contributed by atoms with E-state index in [1.54, 1.807) is 24.3 Å². The minimum atomic E-state index is -1.05. The van der Waals surface area contributed by atoms with Crippen LogP contribution in [0.15, 0.2) is 30.5 Å². The minimum Gasteiger partial charge on any atom is -0.478 e. The molecule has 0 aliphatic heterocycles. The van der Waals surface area contributed by atoms with E-state index in [9.17, 15) is 9.90 Å². The molecule has 0 unspecified atom stereocenters. The van der Waals surface area contributed by atoms with Crippen molar-refractivity contribution in [1.82, 2.24) is 4.98 Å². The van der Waals surface area contributed by atoms with Crippen LogP contribution in [-0.4, -0.2) is 30.0 Å². The highest BCUT2D eigenvalue weighted by atomic mass is 16.7. The van der Waals surface area contributed by atoms with Gasteiger partial charge in [-0.25, -0.2) is 4.79 Å². The quantitative estimate of drug-likeness (QED) is 0.817. The Balaban J connectivity index is 2.60. The monoisotopic (exact) mass is 233 g/mol. The van der Waals surface area contributed by atoms with Gasteiger partial charge in [0.2, 0.25) is 0 Å². The molecule has 0 saturated heterocycles. The molecule has 0 aliphatic rings. The molecule has 1 aromatic carbocycles. The number of ether oxygens (including phenoxy) is 2. The molecule has 5 heteroatoms. The van der Waals surface area contributed by atoms with Crippen LogP contribution in [0.2, 0.25) is 0 Å². The van der Waals surface area contributed by atoms with Crippen LogP contribution in [0.3, 0.4) is 0 Å². The Hall–Kier alpha value is -2.14. The summed E-state index contributed by atoms with van der Waals surface area (Å²) in [6.45, 7) is -0.0136. The lowest BCUT2D eigenvalue weighted by Gasteiger charge is -2.09. The number of carboxylic acid groups (broad SMARTS) is 1. The average Bonchev–Trinajstić information content (AvgIpc) is 2.35. The number of methoxy groups -OCH3 is 1. The van der Waals surface area contributed by atoms with E-state index in [0.29, 0.717) is 10.9 Å². The third-order valence-electron chi connectivity index (χ3n) is 2.29. The summed E-state index contributed by atoms with van der Waals surface area (Å²) in [7, 11) is 1.47. The molecule has 1 N–H and O–H groups in total. The molecule has 5 nitrogen and oxygen atoms in total. The van der Waals surface area contributed by atoms with E-state index in [0.717, 1.165) is 0 Å². The Morgan fingerprint density at radius 1 is 1.41 bits per heavy atom. The lowest BCUT2D eigenvalue weighted by molar-refractivity contribution is 0.0483. The van der Waals surface area contributed by atoms with Crippen LogP contribution in [0.25, 0.3) is 10.9 Å². The zero-order valence-corrected chi connectivity index (χ0v) is 9.21. The van der Waals surface area contributed by atoms with Crippen molar-refractivity contribution in [2.45, 2.75) is 0 Å². The van der Waals surface area contributed by atoms with Crippen molar-refractivity contribution in [3.05, 3.63) is 36.0 Å². The van der Waals surface area contributed by atoms with Crippen LogP contribution in [0, 0.1) is 0 Å². The summed E-state index contributed by atoms with van der Waals surface area (Å²) in [6, 6.07) is 7.01. The van der Waals surface area contributed by atoms with Gasteiger partial charge in [-0.1, -0.05) is 18.2 Å². The fourth-order valence-electron chi connectivity index (χ4n) is 1.58. The van der Waals surface area contributed by atoms with E-state index in [1.807, 2.05) is 0 Å². The van der Waals surface area contributed by atoms with E-state index in [2.05, 4.69) is 4.98 Å². The van der Waals surface area contributed by atoms with Crippen molar-refractivity contribution in [2.24, 2.45) is 0 Å². The maximum absolute atomic E-state index is 11.3. The fourth-order valence-corrected chi connectivity index (χ4v) is 1.58. The molecule has 1 heterocycles. The first-order valence-corrected chi connectivity index (χ1v) is 4.97. The van der Waals surface area contributed by atoms with Gasteiger partial charge in [0.05, 0.1) is 11.7 Å². The van der Waals surface area contributed by atoms with Gasteiger partial charge in [0.1, 0.15) is 5.56 Å². The van der Waals surface area contributed by atoms with Gasteiger partial charge in [-0.3, -0.25) is 4.98 Å². The molecule has 0 spiro atoms. The number of carbonyl (C=O) groups is 1. The highest BCUT2D eigenvalue weighted by molar-refractivity contribution is 6.04. The second-order valence-corrected chi connectivity index (χ2v) is 3.37. The second kappa shape index (κ2) is 4.80. The normalized spacial score (nSPS) is 10.4. The molecule has 0 bridgehead atoms. The minimum absolute atomic E-state index is 0.0136. The third kappa shape index (κ3) is 2.19. The summed E-state index contributed by atoms with van der Waals surface area (Å²) in [4.78, 5) is 15.4.